The molecule has 0 radical (unpaired) electrons. The minimum absolute atomic E-state index is 0.0265. The van der Waals surface area contributed by atoms with Crippen LogP contribution in [-0.2, 0) is 14.4 Å². The van der Waals surface area contributed by atoms with Gasteiger partial charge in [0.25, 0.3) is 0 Å². The van der Waals surface area contributed by atoms with E-state index in [4.69, 9.17) is 9.90 Å². The van der Waals surface area contributed by atoms with Crippen LogP contribution in [-0.4, -0.2) is 77.6 Å². The fourth-order valence-electron chi connectivity index (χ4n) is 3.46. The van der Waals surface area contributed by atoms with Gasteiger partial charge in [-0.25, -0.2) is 4.79 Å². The van der Waals surface area contributed by atoms with Gasteiger partial charge >= 0.3 is 12.1 Å². The Morgan fingerprint density at radius 3 is 2.38 bits per heavy atom. The van der Waals surface area contributed by atoms with Crippen LogP contribution in [0.15, 0.2) is 16.8 Å². The molecule has 0 saturated carbocycles. The van der Waals surface area contributed by atoms with Gasteiger partial charge in [-0.1, -0.05) is 13.8 Å². The van der Waals surface area contributed by atoms with Crippen LogP contribution in [0.4, 0.5) is 18.9 Å². The van der Waals surface area contributed by atoms with Crippen molar-refractivity contribution in [2.45, 2.75) is 32.0 Å². The second-order valence-electron chi connectivity index (χ2n) is 7.51. The molecule has 2 fully saturated rings. The second kappa shape index (κ2) is 8.70. The summed E-state index contributed by atoms with van der Waals surface area (Å²) in [7, 11) is 2.01. The van der Waals surface area contributed by atoms with Crippen molar-refractivity contribution in [2.75, 3.05) is 38.1 Å². The molecular formula is C18H24F3N3O4S. The molecule has 0 bridgehead atoms. The number of hydrogen-bond donors (Lipinski definition) is 1. The summed E-state index contributed by atoms with van der Waals surface area (Å²) in [6.45, 7) is 6.47. The lowest BCUT2D eigenvalue weighted by atomic mass is 9.92. The number of amides is 2. The SMILES string of the molecule is CC(C)C(=O)N1CCC2(C1)CN(c1ccsc1)C(=O)CN2C.O=C(O)C(F)(F)F. The number of carbonyl (C=O) groups is 3. The molecule has 11 heteroatoms. The number of carboxylic acid groups (broad SMARTS) is 1. The fraction of sp³-hybridized carbons (Fsp3) is 0.611. The summed E-state index contributed by atoms with van der Waals surface area (Å²) in [4.78, 5) is 39.5. The second-order valence-corrected chi connectivity index (χ2v) is 8.29. The van der Waals surface area contributed by atoms with E-state index in [1.165, 1.54) is 0 Å². The van der Waals surface area contributed by atoms with Crippen molar-refractivity contribution in [2.24, 2.45) is 5.92 Å². The largest absolute Gasteiger partial charge is 0.490 e. The first kappa shape index (κ1) is 23.1. The van der Waals surface area contributed by atoms with Gasteiger partial charge in [0.1, 0.15) is 0 Å². The number of hydrogen-bond acceptors (Lipinski definition) is 5. The number of nitrogens with zero attached hydrogens (tertiary/aromatic N) is 3. The van der Waals surface area contributed by atoms with E-state index in [2.05, 4.69) is 4.90 Å². The van der Waals surface area contributed by atoms with Gasteiger partial charge in [0.2, 0.25) is 11.8 Å². The predicted octanol–water partition coefficient (Wildman–Crippen LogP) is 2.29. The summed E-state index contributed by atoms with van der Waals surface area (Å²) < 4.78 is 31.7. The molecule has 1 N–H and O–H groups in total. The van der Waals surface area contributed by atoms with Gasteiger partial charge in [-0.15, -0.1) is 0 Å². The molecule has 1 atom stereocenters. The number of carboxylic acids is 1. The van der Waals surface area contributed by atoms with Crippen molar-refractivity contribution in [3.05, 3.63) is 16.8 Å². The summed E-state index contributed by atoms with van der Waals surface area (Å²) in [6.07, 6.45) is -4.16. The molecule has 162 valence electrons. The average Bonchev–Trinajstić information content (AvgIpc) is 3.28. The summed E-state index contributed by atoms with van der Waals surface area (Å²) >= 11 is 1.60. The summed E-state index contributed by atoms with van der Waals surface area (Å²) in [6, 6.07) is 1.99. The van der Waals surface area contributed by atoms with Gasteiger partial charge < -0.3 is 14.9 Å². The van der Waals surface area contributed by atoms with E-state index in [0.29, 0.717) is 19.6 Å². The number of aliphatic carboxylic acids is 1. The van der Waals surface area contributed by atoms with Gasteiger partial charge in [0, 0.05) is 30.9 Å². The summed E-state index contributed by atoms with van der Waals surface area (Å²) in [5.74, 6) is -2.38. The van der Waals surface area contributed by atoms with Crippen molar-refractivity contribution in [3.8, 4) is 0 Å². The van der Waals surface area contributed by atoms with Crippen LogP contribution in [0.1, 0.15) is 20.3 Å². The lowest BCUT2D eigenvalue weighted by molar-refractivity contribution is -0.192. The normalized spacial score (nSPS) is 22.8. The van der Waals surface area contributed by atoms with E-state index < -0.39 is 12.1 Å². The van der Waals surface area contributed by atoms with Crippen LogP contribution in [0.3, 0.4) is 0 Å². The molecule has 3 rings (SSSR count). The quantitative estimate of drug-likeness (QED) is 0.771. The maximum absolute atomic E-state index is 12.4. The van der Waals surface area contributed by atoms with Crippen LogP contribution in [0, 0.1) is 5.92 Å². The minimum Gasteiger partial charge on any atom is -0.475 e. The highest BCUT2D eigenvalue weighted by atomic mass is 32.1. The number of carbonyl (C=O) groups excluding carboxylic acids is 2. The molecule has 2 amide bonds. The molecule has 3 heterocycles. The molecule has 2 aliphatic rings. The Morgan fingerprint density at radius 2 is 1.90 bits per heavy atom. The maximum atomic E-state index is 12.4. The number of likely N-dealkylation sites (tertiary alicyclic amines) is 1. The predicted molar refractivity (Wildman–Crippen MR) is 102 cm³/mol. The summed E-state index contributed by atoms with van der Waals surface area (Å²) in [5, 5.41) is 11.1. The topological polar surface area (TPSA) is 81.2 Å². The fourth-order valence-corrected chi connectivity index (χ4v) is 4.10. The van der Waals surface area contributed by atoms with E-state index in [1.807, 2.05) is 47.5 Å². The van der Waals surface area contributed by atoms with Gasteiger partial charge in [-0.3, -0.25) is 14.5 Å². The highest BCUT2D eigenvalue weighted by Crippen LogP contribution is 2.34. The third kappa shape index (κ3) is 5.27. The smallest absolute Gasteiger partial charge is 0.475 e. The van der Waals surface area contributed by atoms with Crippen LogP contribution in [0.5, 0.6) is 0 Å². The van der Waals surface area contributed by atoms with E-state index in [1.54, 1.807) is 11.3 Å². The average molecular weight is 435 g/mol. The van der Waals surface area contributed by atoms with Crippen molar-refractivity contribution in [1.82, 2.24) is 9.80 Å². The van der Waals surface area contributed by atoms with Crippen molar-refractivity contribution in [3.63, 3.8) is 0 Å². The van der Waals surface area contributed by atoms with Gasteiger partial charge in [0.15, 0.2) is 0 Å². The number of likely N-dealkylation sites (N-methyl/N-ethyl adjacent to an activating group) is 1. The Labute approximate surface area is 170 Å². The van der Waals surface area contributed by atoms with Crippen LogP contribution >= 0.6 is 11.3 Å². The number of anilines is 1. The number of piperazine rings is 1. The van der Waals surface area contributed by atoms with E-state index in [-0.39, 0.29) is 23.3 Å². The molecule has 29 heavy (non-hydrogen) atoms. The van der Waals surface area contributed by atoms with E-state index in [9.17, 15) is 22.8 Å². The van der Waals surface area contributed by atoms with Gasteiger partial charge in [0.05, 0.1) is 17.8 Å². The first-order valence-corrected chi connectivity index (χ1v) is 9.94. The van der Waals surface area contributed by atoms with Crippen LogP contribution in [0.25, 0.3) is 0 Å². The summed E-state index contributed by atoms with van der Waals surface area (Å²) in [5.41, 5.74) is 0.872. The van der Waals surface area contributed by atoms with Crippen molar-refractivity contribution in [1.29, 1.82) is 0 Å². The number of rotatable bonds is 2. The van der Waals surface area contributed by atoms with Gasteiger partial charge in [-0.05, 0) is 24.9 Å². The highest BCUT2D eigenvalue weighted by Gasteiger charge is 2.48. The first-order chi connectivity index (χ1) is 13.4. The Bertz CT molecular complexity index is 754. The monoisotopic (exact) mass is 435 g/mol. The lowest BCUT2D eigenvalue weighted by Gasteiger charge is -2.46. The molecule has 2 saturated heterocycles. The van der Waals surface area contributed by atoms with Gasteiger partial charge in [-0.2, -0.15) is 24.5 Å². The number of alkyl halides is 3. The van der Waals surface area contributed by atoms with Crippen molar-refractivity contribution < 1.29 is 32.7 Å². The minimum atomic E-state index is -5.08. The standard InChI is InChI=1S/C16H23N3O2S.C2HF3O2/c1-12(2)15(21)18-6-5-16(10-18)11-19(13-4-7-22-9-13)14(20)8-17(16)3;3-2(4,5)1(6)7/h4,7,9,12H,5-6,8,10-11H2,1-3H3;(H,6,7). The molecule has 1 aromatic rings. The molecule has 1 spiro atoms. The Kier molecular flexibility index (Phi) is 6.94. The molecule has 7 nitrogen and oxygen atoms in total. The molecule has 1 unspecified atom stereocenters. The Morgan fingerprint density at radius 1 is 1.28 bits per heavy atom. The molecular weight excluding hydrogens is 411 g/mol. The highest BCUT2D eigenvalue weighted by molar-refractivity contribution is 7.08. The zero-order valence-electron chi connectivity index (χ0n) is 16.4. The van der Waals surface area contributed by atoms with Crippen LogP contribution < -0.4 is 4.90 Å². The van der Waals surface area contributed by atoms with E-state index >= 15 is 0 Å². The van der Waals surface area contributed by atoms with Crippen molar-refractivity contribution >= 4 is 34.8 Å². The first-order valence-electron chi connectivity index (χ1n) is 9.00. The maximum Gasteiger partial charge on any atom is 0.490 e. The molecule has 0 aliphatic carbocycles. The number of thiophene rings is 1. The molecule has 2 aliphatic heterocycles. The Hall–Kier alpha value is -2.14. The zero-order valence-corrected chi connectivity index (χ0v) is 17.2. The molecule has 1 aromatic heterocycles. The third-order valence-electron chi connectivity index (χ3n) is 5.13. The lowest BCUT2D eigenvalue weighted by Crippen LogP contribution is -2.64. The zero-order chi connectivity index (χ0) is 22.0. The van der Waals surface area contributed by atoms with Crippen LogP contribution in [0.2, 0.25) is 0 Å². The number of halogens is 3. The third-order valence-corrected chi connectivity index (χ3v) is 5.80. The Balaban J connectivity index is 0.000000370. The van der Waals surface area contributed by atoms with E-state index in [0.717, 1.165) is 18.7 Å². The molecule has 0 aromatic carbocycles.